The summed E-state index contributed by atoms with van der Waals surface area (Å²) in [5, 5.41) is 5.66. The molecule has 0 aliphatic heterocycles. The second-order valence-electron chi connectivity index (χ2n) is 6.88. The van der Waals surface area contributed by atoms with Crippen molar-refractivity contribution in [3.63, 3.8) is 0 Å². The third-order valence-electron chi connectivity index (χ3n) is 4.57. The largest absolute Gasteiger partial charge is 0.513 e. The van der Waals surface area contributed by atoms with E-state index in [1.165, 1.54) is 12.1 Å². The van der Waals surface area contributed by atoms with Crippen LogP contribution in [0.25, 0.3) is 0 Å². The number of benzene rings is 3. The number of hydrogen-bond acceptors (Lipinski definition) is 6. The first-order valence-electron chi connectivity index (χ1n) is 10.3. The van der Waals surface area contributed by atoms with E-state index in [1.54, 1.807) is 68.6 Å². The smallest absolute Gasteiger partial charge is 0.497 e. The van der Waals surface area contributed by atoms with Gasteiger partial charge in [-0.15, -0.1) is 0 Å². The monoisotopic (exact) mass is 448 g/mol. The Labute approximate surface area is 191 Å². The molecule has 0 fully saturated rings. The third kappa shape index (κ3) is 6.83. The maximum atomic E-state index is 12.4. The number of amides is 2. The molecule has 8 heteroatoms. The average Bonchev–Trinajstić information content (AvgIpc) is 2.83. The predicted molar refractivity (Wildman–Crippen MR) is 123 cm³/mol. The molecule has 8 nitrogen and oxygen atoms in total. The Morgan fingerprint density at radius 1 is 0.818 bits per heavy atom. The molecule has 170 valence electrons. The Morgan fingerprint density at radius 3 is 2.09 bits per heavy atom. The van der Waals surface area contributed by atoms with Crippen molar-refractivity contribution in [1.82, 2.24) is 5.32 Å². The number of carbonyl (C=O) groups is 3. The van der Waals surface area contributed by atoms with Gasteiger partial charge >= 0.3 is 6.16 Å². The molecule has 0 saturated carbocycles. The Balaban J connectivity index is 1.55. The van der Waals surface area contributed by atoms with E-state index in [0.717, 1.165) is 5.56 Å². The summed E-state index contributed by atoms with van der Waals surface area (Å²) in [6, 6.07) is 20.1. The molecule has 0 aromatic heterocycles. The summed E-state index contributed by atoms with van der Waals surface area (Å²) in [5.74, 6) is 0.421. The van der Waals surface area contributed by atoms with Crippen LogP contribution in [0.4, 0.5) is 10.5 Å². The Morgan fingerprint density at radius 2 is 1.45 bits per heavy atom. The molecule has 0 aliphatic carbocycles. The first kappa shape index (κ1) is 23.3. The normalized spacial score (nSPS) is 10.1. The molecular formula is C25H24N2O6. The summed E-state index contributed by atoms with van der Waals surface area (Å²) in [5.41, 5.74) is 2.35. The number of ether oxygens (including phenoxy) is 3. The minimum Gasteiger partial charge on any atom is -0.497 e. The Bertz CT molecular complexity index is 1110. The van der Waals surface area contributed by atoms with Gasteiger partial charge in [0.1, 0.15) is 11.5 Å². The zero-order valence-electron chi connectivity index (χ0n) is 18.3. The molecule has 0 saturated heterocycles. The molecule has 2 N–H and O–H groups in total. The SMILES string of the molecule is CCOC(=O)Oc1ccc(C(=O)NCc2cccc(NC(=O)c3ccc(OC)cc3)c2)cc1. The molecule has 0 heterocycles. The topological polar surface area (TPSA) is 103 Å². The highest BCUT2D eigenvalue weighted by molar-refractivity contribution is 6.04. The van der Waals surface area contributed by atoms with Crippen LogP contribution in [0.5, 0.6) is 11.5 Å². The molecular weight excluding hydrogens is 424 g/mol. The van der Waals surface area contributed by atoms with E-state index >= 15 is 0 Å². The van der Waals surface area contributed by atoms with Gasteiger partial charge in [0.05, 0.1) is 13.7 Å². The zero-order chi connectivity index (χ0) is 23.6. The van der Waals surface area contributed by atoms with Crippen LogP contribution in [0.3, 0.4) is 0 Å². The van der Waals surface area contributed by atoms with Crippen molar-refractivity contribution in [1.29, 1.82) is 0 Å². The lowest BCUT2D eigenvalue weighted by Crippen LogP contribution is -2.22. The number of hydrogen-bond donors (Lipinski definition) is 2. The molecule has 0 bridgehead atoms. The summed E-state index contributed by atoms with van der Waals surface area (Å²) in [6.45, 7) is 2.16. The van der Waals surface area contributed by atoms with Gasteiger partial charge in [-0.05, 0) is 73.2 Å². The second kappa shape index (κ2) is 11.3. The molecule has 33 heavy (non-hydrogen) atoms. The molecule has 0 aliphatic rings. The van der Waals surface area contributed by atoms with Gasteiger partial charge < -0.3 is 24.8 Å². The summed E-state index contributed by atoms with van der Waals surface area (Å²) >= 11 is 0. The lowest BCUT2D eigenvalue weighted by molar-refractivity contribution is 0.0950. The molecule has 0 atom stereocenters. The van der Waals surface area contributed by atoms with E-state index in [1.807, 2.05) is 6.07 Å². The number of rotatable bonds is 8. The predicted octanol–water partition coefficient (Wildman–Crippen LogP) is 4.41. The van der Waals surface area contributed by atoms with Gasteiger partial charge in [0.25, 0.3) is 11.8 Å². The molecule has 3 aromatic rings. The van der Waals surface area contributed by atoms with Crippen LogP contribution in [0.2, 0.25) is 0 Å². The molecule has 0 spiro atoms. The maximum absolute atomic E-state index is 12.4. The molecule has 0 radical (unpaired) electrons. The molecule has 3 aromatic carbocycles. The quantitative estimate of drug-likeness (QED) is 0.391. The summed E-state index contributed by atoms with van der Waals surface area (Å²) in [4.78, 5) is 36.2. The van der Waals surface area contributed by atoms with Crippen molar-refractivity contribution in [2.24, 2.45) is 0 Å². The second-order valence-corrected chi connectivity index (χ2v) is 6.88. The van der Waals surface area contributed by atoms with Crippen LogP contribution in [0.1, 0.15) is 33.2 Å². The van der Waals surface area contributed by atoms with Gasteiger partial charge in [-0.1, -0.05) is 12.1 Å². The summed E-state index contributed by atoms with van der Waals surface area (Å²) < 4.78 is 14.8. The fraction of sp³-hybridized carbons (Fsp3) is 0.160. The minimum atomic E-state index is -0.798. The van der Waals surface area contributed by atoms with Crippen molar-refractivity contribution in [3.05, 3.63) is 89.5 Å². The van der Waals surface area contributed by atoms with Gasteiger partial charge in [-0.25, -0.2) is 4.79 Å². The standard InChI is InChI=1S/C25H24N2O6/c1-3-32-25(30)33-22-13-9-18(10-14-22)23(28)26-16-17-5-4-6-20(15-17)27-24(29)19-7-11-21(31-2)12-8-19/h4-15H,3,16H2,1-2H3,(H,26,28)(H,27,29). The number of methoxy groups -OCH3 is 1. The van der Waals surface area contributed by atoms with Crippen LogP contribution < -0.4 is 20.1 Å². The van der Waals surface area contributed by atoms with E-state index in [2.05, 4.69) is 10.6 Å². The van der Waals surface area contributed by atoms with Crippen molar-refractivity contribution in [3.8, 4) is 11.5 Å². The maximum Gasteiger partial charge on any atom is 0.513 e. The van der Waals surface area contributed by atoms with E-state index in [-0.39, 0.29) is 30.7 Å². The van der Waals surface area contributed by atoms with Crippen molar-refractivity contribution in [2.45, 2.75) is 13.5 Å². The minimum absolute atomic E-state index is 0.214. The number of carbonyl (C=O) groups excluding carboxylic acids is 3. The van der Waals surface area contributed by atoms with E-state index < -0.39 is 6.16 Å². The van der Waals surface area contributed by atoms with E-state index in [0.29, 0.717) is 22.6 Å². The van der Waals surface area contributed by atoms with Gasteiger partial charge in [-0.2, -0.15) is 0 Å². The lowest BCUT2D eigenvalue weighted by Gasteiger charge is -2.10. The molecule has 3 rings (SSSR count). The number of nitrogens with one attached hydrogen (secondary N) is 2. The van der Waals surface area contributed by atoms with Crippen LogP contribution >= 0.6 is 0 Å². The van der Waals surface area contributed by atoms with Crippen molar-refractivity contribution < 1.29 is 28.6 Å². The fourth-order valence-corrected chi connectivity index (χ4v) is 2.91. The van der Waals surface area contributed by atoms with Crippen LogP contribution in [-0.4, -0.2) is 31.7 Å². The molecule has 0 unspecified atom stereocenters. The lowest BCUT2D eigenvalue weighted by atomic mass is 10.1. The summed E-state index contributed by atoms with van der Waals surface area (Å²) in [6.07, 6.45) is -0.798. The third-order valence-corrected chi connectivity index (χ3v) is 4.57. The van der Waals surface area contributed by atoms with Gasteiger partial charge in [0.15, 0.2) is 0 Å². The van der Waals surface area contributed by atoms with Gasteiger partial charge in [0.2, 0.25) is 0 Å². The highest BCUT2D eigenvalue weighted by Crippen LogP contribution is 2.16. The molecule has 2 amide bonds. The van der Waals surface area contributed by atoms with Crippen LogP contribution in [0, 0.1) is 0 Å². The van der Waals surface area contributed by atoms with Crippen LogP contribution in [-0.2, 0) is 11.3 Å². The van der Waals surface area contributed by atoms with Crippen molar-refractivity contribution in [2.75, 3.05) is 19.0 Å². The fourth-order valence-electron chi connectivity index (χ4n) is 2.91. The summed E-state index contributed by atoms with van der Waals surface area (Å²) in [7, 11) is 1.56. The first-order chi connectivity index (χ1) is 16.0. The Kier molecular flexibility index (Phi) is 8.02. The first-order valence-corrected chi connectivity index (χ1v) is 10.3. The van der Waals surface area contributed by atoms with Crippen molar-refractivity contribution >= 4 is 23.7 Å². The van der Waals surface area contributed by atoms with Crippen LogP contribution in [0.15, 0.2) is 72.8 Å². The van der Waals surface area contributed by atoms with Gasteiger partial charge in [0, 0.05) is 23.4 Å². The average molecular weight is 448 g/mol. The van der Waals surface area contributed by atoms with E-state index in [9.17, 15) is 14.4 Å². The zero-order valence-corrected chi connectivity index (χ0v) is 18.3. The Hall–Kier alpha value is -4.33. The number of anilines is 1. The highest BCUT2D eigenvalue weighted by Gasteiger charge is 2.10. The van der Waals surface area contributed by atoms with Gasteiger partial charge in [-0.3, -0.25) is 9.59 Å². The van der Waals surface area contributed by atoms with E-state index in [4.69, 9.17) is 14.2 Å². The highest BCUT2D eigenvalue weighted by atomic mass is 16.7.